The smallest absolute Gasteiger partial charge is 0.241 e. The number of amides is 1. The van der Waals surface area contributed by atoms with Gasteiger partial charge in [0.2, 0.25) is 5.91 Å². The fourth-order valence-corrected chi connectivity index (χ4v) is 1.33. The van der Waals surface area contributed by atoms with Gasteiger partial charge in [-0.15, -0.1) is 6.58 Å². The molecule has 86 valence electrons. The summed E-state index contributed by atoms with van der Waals surface area (Å²) in [6.07, 6.45) is 2.09. The molecule has 1 amide bonds. The minimum Gasteiger partial charge on any atom is -0.323 e. The van der Waals surface area contributed by atoms with Crippen molar-refractivity contribution in [3.05, 3.63) is 36.2 Å². The van der Waals surface area contributed by atoms with Crippen molar-refractivity contribution in [2.45, 2.75) is 26.3 Å². The van der Waals surface area contributed by atoms with Gasteiger partial charge in [-0.25, -0.2) is 0 Å². The lowest BCUT2D eigenvalue weighted by atomic mass is 10.2. The van der Waals surface area contributed by atoms with Gasteiger partial charge in [0.25, 0.3) is 0 Å². The zero-order chi connectivity index (χ0) is 12.1. The fourth-order valence-electron chi connectivity index (χ4n) is 1.33. The summed E-state index contributed by atoms with van der Waals surface area (Å²) in [5, 5.41) is 2.75. The SMILES string of the molecule is C=CCC(N)C(=O)Nc1ccc(C)nc1C. The quantitative estimate of drug-likeness (QED) is 0.755. The lowest BCUT2D eigenvalue weighted by molar-refractivity contribution is -0.117. The van der Waals surface area contributed by atoms with Gasteiger partial charge in [-0.05, 0) is 32.4 Å². The van der Waals surface area contributed by atoms with Crippen LogP contribution in [-0.4, -0.2) is 16.9 Å². The molecule has 4 heteroatoms. The molecule has 0 aromatic carbocycles. The second-order valence-corrected chi connectivity index (χ2v) is 3.71. The van der Waals surface area contributed by atoms with Gasteiger partial charge in [-0.1, -0.05) is 6.08 Å². The number of aryl methyl sites for hydroxylation is 2. The third-order valence-corrected chi connectivity index (χ3v) is 2.24. The van der Waals surface area contributed by atoms with Crippen LogP contribution in [0, 0.1) is 13.8 Å². The van der Waals surface area contributed by atoms with Crippen molar-refractivity contribution in [1.82, 2.24) is 4.98 Å². The molecular formula is C12H17N3O. The van der Waals surface area contributed by atoms with Gasteiger partial charge in [0, 0.05) is 5.69 Å². The van der Waals surface area contributed by atoms with E-state index in [2.05, 4.69) is 16.9 Å². The maximum absolute atomic E-state index is 11.6. The summed E-state index contributed by atoms with van der Waals surface area (Å²) in [6.45, 7) is 7.30. The number of anilines is 1. The standard InChI is InChI=1S/C12H17N3O/c1-4-5-10(13)12(16)15-11-7-6-8(2)14-9(11)3/h4,6-7,10H,1,5,13H2,2-3H3,(H,15,16). The number of nitrogens with two attached hydrogens (primary N) is 1. The minimum atomic E-state index is -0.557. The lowest BCUT2D eigenvalue weighted by Gasteiger charge is -2.12. The Hall–Kier alpha value is -1.68. The molecule has 1 aromatic rings. The van der Waals surface area contributed by atoms with Gasteiger partial charge in [-0.3, -0.25) is 9.78 Å². The molecule has 16 heavy (non-hydrogen) atoms. The van der Waals surface area contributed by atoms with Gasteiger partial charge in [0.15, 0.2) is 0 Å². The van der Waals surface area contributed by atoms with Crippen LogP contribution in [0.2, 0.25) is 0 Å². The average molecular weight is 219 g/mol. The van der Waals surface area contributed by atoms with Crippen molar-refractivity contribution >= 4 is 11.6 Å². The molecule has 0 saturated heterocycles. The fraction of sp³-hybridized carbons (Fsp3) is 0.333. The molecule has 0 radical (unpaired) electrons. The molecule has 1 atom stereocenters. The molecule has 1 aromatic heterocycles. The van der Waals surface area contributed by atoms with Crippen molar-refractivity contribution in [3.63, 3.8) is 0 Å². The third kappa shape index (κ3) is 3.17. The number of nitrogens with one attached hydrogen (secondary N) is 1. The molecule has 0 fully saturated rings. The first-order valence-corrected chi connectivity index (χ1v) is 5.16. The summed E-state index contributed by atoms with van der Waals surface area (Å²) in [7, 11) is 0. The molecule has 0 bridgehead atoms. The third-order valence-electron chi connectivity index (χ3n) is 2.24. The molecule has 1 rings (SSSR count). The molecule has 0 saturated carbocycles. The van der Waals surface area contributed by atoms with Crippen LogP contribution < -0.4 is 11.1 Å². The number of nitrogens with zero attached hydrogens (tertiary/aromatic N) is 1. The maximum atomic E-state index is 11.6. The van der Waals surface area contributed by atoms with Crippen molar-refractivity contribution in [1.29, 1.82) is 0 Å². The Bertz CT molecular complexity index is 401. The van der Waals surface area contributed by atoms with Crippen LogP contribution >= 0.6 is 0 Å². The molecule has 4 nitrogen and oxygen atoms in total. The summed E-state index contributed by atoms with van der Waals surface area (Å²) in [5.41, 5.74) is 8.07. The van der Waals surface area contributed by atoms with Crippen LogP contribution in [0.1, 0.15) is 17.8 Å². The summed E-state index contributed by atoms with van der Waals surface area (Å²) in [4.78, 5) is 15.9. The second kappa shape index (κ2) is 5.42. The van der Waals surface area contributed by atoms with E-state index in [9.17, 15) is 4.79 Å². The topological polar surface area (TPSA) is 68.0 Å². The number of hydrogen-bond donors (Lipinski definition) is 2. The Labute approximate surface area is 95.6 Å². The minimum absolute atomic E-state index is 0.214. The van der Waals surface area contributed by atoms with E-state index in [1.165, 1.54) is 0 Å². The van der Waals surface area contributed by atoms with Crippen molar-refractivity contribution in [3.8, 4) is 0 Å². The van der Waals surface area contributed by atoms with E-state index in [1.807, 2.05) is 26.0 Å². The molecule has 1 unspecified atom stereocenters. The summed E-state index contributed by atoms with van der Waals surface area (Å²) in [5.74, 6) is -0.214. The van der Waals surface area contributed by atoms with Gasteiger partial charge >= 0.3 is 0 Å². The van der Waals surface area contributed by atoms with E-state index in [0.717, 1.165) is 11.4 Å². The normalized spacial score (nSPS) is 11.9. The van der Waals surface area contributed by atoms with Crippen LogP contribution in [0.3, 0.4) is 0 Å². The number of hydrogen-bond acceptors (Lipinski definition) is 3. The maximum Gasteiger partial charge on any atom is 0.241 e. The molecule has 0 spiro atoms. The van der Waals surface area contributed by atoms with E-state index in [-0.39, 0.29) is 5.91 Å². The van der Waals surface area contributed by atoms with Crippen molar-refractivity contribution in [2.75, 3.05) is 5.32 Å². The molecule has 0 aliphatic carbocycles. The highest BCUT2D eigenvalue weighted by atomic mass is 16.2. The van der Waals surface area contributed by atoms with Crippen LogP contribution in [0.25, 0.3) is 0 Å². The number of rotatable bonds is 4. The zero-order valence-electron chi connectivity index (χ0n) is 9.66. The van der Waals surface area contributed by atoms with E-state index in [1.54, 1.807) is 6.08 Å². The van der Waals surface area contributed by atoms with Gasteiger partial charge in [0.1, 0.15) is 0 Å². The highest BCUT2D eigenvalue weighted by Gasteiger charge is 2.12. The Morgan fingerprint density at radius 1 is 1.62 bits per heavy atom. The average Bonchev–Trinajstić information content (AvgIpc) is 2.22. The van der Waals surface area contributed by atoms with Crippen LogP contribution in [0.15, 0.2) is 24.8 Å². The predicted molar refractivity (Wildman–Crippen MR) is 65.1 cm³/mol. The number of aromatic nitrogens is 1. The van der Waals surface area contributed by atoms with Crippen LogP contribution in [-0.2, 0) is 4.79 Å². The Morgan fingerprint density at radius 2 is 2.31 bits per heavy atom. The first-order chi connectivity index (χ1) is 7.54. The molecule has 0 aliphatic heterocycles. The lowest BCUT2D eigenvalue weighted by Crippen LogP contribution is -2.35. The van der Waals surface area contributed by atoms with Crippen LogP contribution in [0.4, 0.5) is 5.69 Å². The first kappa shape index (κ1) is 12.4. The number of carbonyl (C=O) groups excluding carboxylic acids is 1. The number of pyridine rings is 1. The zero-order valence-corrected chi connectivity index (χ0v) is 9.66. The Kier molecular flexibility index (Phi) is 4.19. The van der Waals surface area contributed by atoms with E-state index in [0.29, 0.717) is 12.1 Å². The largest absolute Gasteiger partial charge is 0.323 e. The van der Waals surface area contributed by atoms with Crippen molar-refractivity contribution < 1.29 is 4.79 Å². The second-order valence-electron chi connectivity index (χ2n) is 3.71. The molecule has 1 heterocycles. The highest BCUT2D eigenvalue weighted by molar-refractivity contribution is 5.95. The molecular weight excluding hydrogens is 202 g/mol. The summed E-state index contributed by atoms with van der Waals surface area (Å²) < 4.78 is 0. The highest BCUT2D eigenvalue weighted by Crippen LogP contribution is 2.12. The molecule has 3 N–H and O–H groups in total. The molecule has 0 aliphatic rings. The van der Waals surface area contributed by atoms with Gasteiger partial charge in [0.05, 0.1) is 17.4 Å². The predicted octanol–water partition coefficient (Wildman–Crippen LogP) is 1.54. The Balaban J connectivity index is 2.73. The number of carbonyl (C=O) groups is 1. The van der Waals surface area contributed by atoms with E-state index in [4.69, 9.17) is 5.73 Å². The monoisotopic (exact) mass is 219 g/mol. The van der Waals surface area contributed by atoms with Crippen molar-refractivity contribution in [2.24, 2.45) is 5.73 Å². The van der Waals surface area contributed by atoms with Gasteiger partial charge in [-0.2, -0.15) is 0 Å². The Morgan fingerprint density at radius 3 is 2.88 bits per heavy atom. The first-order valence-electron chi connectivity index (χ1n) is 5.16. The van der Waals surface area contributed by atoms with Crippen LogP contribution in [0.5, 0.6) is 0 Å². The van der Waals surface area contributed by atoms with Gasteiger partial charge < -0.3 is 11.1 Å². The summed E-state index contributed by atoms with van der Waals surface area (Å²) in [6, 6.07) is 3.12. The van der Waals surface area contributed by atoms with E-state index >= 15 is 0 Å². The summed E-state index contributed by atoms with van der Waals surface area (Å²) >= 11 is 0. The van der Waals surface area contributed by atoms with E-state index < -0.39 is 6.04 Å².